The van der Waals surface area contributed by atoms with Crippen LogP contribution in [0.1, 0.15) is 0 Å². The minimum absolute atomic E-state index is 0.126. The van der Waals surface area contributed by atoms with E-state index < -0.39 is 4.92 Å². The van der Waals surface area contributed by atoms with Crippen molar-refractivity contribution in [2.24, 2.45) is 0 Å². The molecule has 8 heteroatoms. The summed E-state index contributed by atoms with van der Waals surface area (Å²) in [6, 6.07) is 6.02. The summed E-state index contributed by atoms with van der Waals surface area (Å²) < 4.78 is 10.5. The predicted molar refractivity (Wildman–Crippen MR) is 83.7 cm³/mol. The third kappa shape index (κ3) is 3.65. The van der Waals surface area contributed by atoms with Crippen LogP contribution in [-0.2, 0) is 4.74 Å². The van der Waals surface area contributed by atoms with Gasteiger partial charge in [-0.1, -0.05) is 29.3 Å². The fourth-order valence-electron chi connectivity index (χ4n) is 1.90. The van der Waals surface area contributed by atoms with E-state index in [0.29, 0.717) is 17.9 Å². The Balaban J connectivity index is 2.59. The standard InChI is InChI=1S/C14H12Cl2N2O4/c1-21-5-6-22-12-4-2-3-11(18(19)20)14(12)9-7-13(16)17-8-10(9)15/h2-4,7-8H,5-6H2,1H3. The molecule has 2 aromatic rings. The molecule has 1 aromatic heterocycles. The molecule has 1 aromatic carbocycles. The fraction of sp³-hybridized carbons (Fsp3) is 0.214. The third-order valence-electron chi connectivity index (χ3n) is 2.84. The highest BCUT2D eigenvalue weighted by molar-refractivity contribution is 6.34. The molecule has 0 saturated heterocycles. The van der Waals surface area contributed by atoms with Gasteiger partial charge in [-0.15, -0.1) is 0 Å². The maximum Gasteiger partial charge on any atom is 0.280 e. The molecule has 0 radical (unpaired) electrons. The zero-order chi connectivity index (χ0) is 16.1. The second kappa shape index (κ2) is 7.40. The molecule has 22 heavy (non-hydrogen) atoms. The quantitative estimate of drug-likeness (QED) is 0.343. The van der Waals surface area contributed by atoms with Crippen molar-refractivity contribution in [1.82, 2.24) is 4.98 Å². The molecule has 0 aliphatic carbocycles. The van der Waals surface area contributed by atoms with Crippen molar-refractivity contribution in [2.45, 2.75) is 0 Å². The van der Waals surface area contributed by atoms with Gasteiger partial charge in [0.05, 0.1) is 16.6 Å². The van der Waals surface area contributed by atoms with Crippen LogP contribution in [-0.4, -0.2) is 30.2 Å². The van der Waals surface area contributed by atoms with E-state index >= 15 is 0 Å². The first-order valence-corrected chi connectivity index (χ1v) is 7.00. The summed E-state index contributed by atoms with van der Waals surface area (Å²) in [5.41, 5.74) is 0.526. The number of halogens is 2. The van der Waals surface area contributed by atoms with E-state index in [4.69, 9.17) is 32.7 Å². The molecule has 0 saturated carbocycles. The summed E-state index contributed by atoms with van der Waals surface area (Å²) in [5, 5.41) is 11.7. The maximum absolute atomic E-state index is 11.3. The Bertz CT molecular complexity index is 695. The number of methoxy groups -OCH3 is 1. The second-order valence-corrected chi connectivity index (χ2v) is 5.03. The zero-order valence-electron chi connectivity index (χ0n) is 11.6. The van der Waals surface area contributed by atoms with Crippen molar-refractivity contribution in [2.75, 3.05) is 20.3 Å². The lowest BCUT2D eigenvalue weighted by Crippen LogP contribution is -2.06. The van der Waals surface area contributed by atoms with Gasteiger partial charge in [0.2, 0.25) is 0 Å². The van der Waals surface area contributed by atoms with Crippen LogP contribution < -0.4 is 4.74 Å². The number of aromatic nitrogens is 1. The molecule has 0 bridgehead atoms. The van der Waals surface area contributed by atoms with Gasteiger partial charge in [-0.3, -0.25) is 10.1 Å². The Hall–Kier alpha value is -1.89. The van der Waals surface area contributed by atoms with Crippen molar-refractivity contribution < 1.29 is 14.4 Å². The number of hydrogen-bond acceptors (Lipinski definition) is 5. The minimum Gasteiger partial charge on any atom is -0.490 e. The van der Waals surface area contributed by atoms with Crippen LogP contribution in [0.2, 0.25) is 10.2 Å². The Kier molecular flexibility index (Phi) is 5.54. The molecule has 1 heterocycles. The average molecular weight is 343 g/mol. The van der Waals surface area contributed by atoms with E-state index in [1.807, 2.05) is 0 Å². The zero-order valence-corrected chi connectivity index (χ0v) is 13.1. The Morgan fingerprint density at radius 3 is 2.77 bits per heavy atom. The van der Waals surface area contributed by atoms with Gasteiger partial charge in [0.1, 0.15) is 23.1 Å². The molecule has 0 N–H and O–H groups in total. The molecule has 116 valence electrons. The molecule has 0 amide bonds. The highest BCUT2D eigenvalue weighted by atomic mass is 35.5. The van der Waals surface area contributed by atoms with Crippen molar-refractivity contribution in [3.05, 3.63) is 50.8 Å². The molecule has 0 aliphatic heterocycles. The molecule has 0 aliphatic rings. The van der Waals surface area contributed by atoms with Crippen molar-refractivity contribution in [3.63, 3.8) is 0 Å². The van der Waals surface area contributed by atoms with Gasteiger partial charge in [0.15, 0.2) is 0 Å². The Labute approximate surface area is 136 Å². The summed E-state index contributed by atoms with van der Waals surface area (Å²) in [6.07, 6.45) is 1.34. The molecule has 0 atom stereocenters. The average Bonchev–Trinajstić information content (AvgIpc) is 2.50. The summed E-state index contributed by atoms with van der Waals surface area (Å²) in [4.78, 5) is 14.7. The largest absolute Gasteiger partial charge is 0.490 e. The monoisotopic (exact) mass is 342 g/mol. The van der Waals surface area contributed by atoms with Gasteiger partial charge < -0.3 is 9.47 Å². The SMILES string of the molecule is COCCOc1cccc([N+](=O)[O-])c1-c1cc(Cl)ncc1Cl. The highest BCUT2D eigenvalue weighted by Gasteiger charge is 2.22. The maximum atomic E-state index is 11.3. The summed E-state index contributed by atoms with van der Waals surface area (Å²) in [6.45, 7) is 0.605. The normalized spacial score (nSPS) is 10.5. The first-order chi connectivity index (χ1) is 10.5. The van der Waals surface area contributed by atoms with E-state index in [0.717, 1.165) is 0 Å². The number of hydrogen-bond donors (Lipinski definition) is 0. The van der Waals surface area contributed by atoms with Gasteiger partial charge in [-0.2, -0.15) is 0 Å². The number of rotatable bonds is 6. The van der Waals surface area contributed by atoms with Gasteiger partial charge in [0, 0.05) is 24.9 Å². The molecule has 0 fully saturated rings. The smallest absolute Gasteiger partial charge is 0.280 e. The molecule has 0 spiro atoms. The second-order valence-electron chi connectivity index (χ2n) is 4.24. The van der Waals surface area contributed by atoms with Crippen LogP contribution in [0.25, 0.3) is 11.1 Å². The lowest BCUT2D eigenvalue weighted by Gasteiger charge is -2.13. The number of pyridine rings is 1. The minimum atomic E-state index is -0.497. The van der Waals surface area contributed by atoms with Crippen molar-refractivity contribution in [1.29, 1.82) is 0 Å². The molecular formula is C14H12Cl2N2O4. The number of nitro groups is 1. The summed E-state index contributed by atoms with van der Waals surface area (Å²) in [7, 11) is 1.54. The fourth-order valence-corrected chi connectivity index (χ4v) is 2.26. The Morgan fingerprint density at radius 2 is 2.09 bits per heavy atom. The first-order valence-electron chi connectivity index (χ1n) is 6.25. The van der Waals surface area contributed by atoms with Crippen molar-refractivity contribution >= 4 is 28.9 Å². The van der Waals surface area contributed by atoms with E-state index in [2.05, 4.69) is 4.98 Å². The summed E-state index contributed by atoms with van der Waals surface area (Å²) >= 11 is 12.0. The number of nitrogens with zero attached hydrogens (tertiary/aromatic N) is 2. The van der Waals surface area contributed by atoms with Crippen LogP contribution >= 0.6 is 23.2 Å². The van der Waals surface area contributed by atoms with Crippen molar-refractivity contribution in [3.8, 4) is 16.9 Å². The first kappa shape index (κ1) is 16.5. The number of benzene rings is 1. The van der Waals surface area contributed by atoms with E-state index in [-0.39, 0.29) is 28.0 Å². The number of ether oxygens (including phenoxy) is 2. The molecular weight excluding hydrogens is 331 g/mol. The lowest BCUT2D eigenvalue weighted by molar-refractivity contribution is -0.384. The topological polar surface area (TPSA) is 74.5 Å². The molecule has 2 rings (SSSR count). The van der Waals surface area contributed by atoms with Crippen LogP contribution in [0.15, 0.2) is 30.5 Å². The van der Waals surface area contributed by atoms with Crippen LogP contribution in [0.4, 0.5) is 5.69 Å². The molecule has 0 unspecified atom stereocenters. The number of nitro benzene ring substituents is 1. The van der Waals surface area contributed by atoms with Gasteiger partial charge in [-0.05, 0) is 12.1 Å². The Morgan fingerprint density at radius 1 is 1.32 bits per heavy atom. The van der Waals surface area contributed by atoms with Crippen LogP contribution in [0.3, 0.4) is 0 Å². The van der Waals surface area contributed by atoms with Gasteiger partial charge in [0.25, 0.3) is 5.69 Å². The van der Waals surface area contributed by atoms with E-state index in [1.54, 1.807) is 12.1 Å². The lowest BCUT2D eigenvalue weighted by atomic mass is 10.0. The van der Waals surface area contributed by atoms with Gasteiger partial charge in [-0.25, -0.2) is 4.98 Å². The predicted octanol–water partition coefficient (Wildman–Crippen LogP) is 3.99. The van der Waals surface area contributed by atoms with E-state index in [1.165, 1.54) is 25.4 Å². The summed E-state index contributed by atoms with van der Waals surface area (Å²) in [5.74, 6) is 0.329. The van der Waals surface area contributed by atoms with Gasteiger partial charge >= 0.3 is 0 Å². The van der Waals surface area contributed by atoms with Crippen LogP contribution in [0.5, 0.6) is 5.75 Å². The van der Waals surface area contributed by atoms with Crippen LogP contribution in [0, 0.1) is 10.1 Å². The van der Waals surface area contributed by atoms with E-state index in [9.17, 15) is 10.1 Å². The third-order valence-corrected chi connectivity index (χ3v) is 3.35. The highest BCUT2D eigenvalue weighted by Crippen LogP contribution is 2.41. The molecule has 6 nitrogen and oxygen atoms in total.